The molecule has 3 heteroatoms. The zero-order chi connectivity index (χ0) is 12.3. The molecular weight excluding hydrogens is 231 g/mol. The van der Waals surface area contributed by atoms with Gasteiger partial charge >= 0.3 is 8.46 Å². The molecule has 1 aromatic carbocycles. The van der Waals surface area contributed by atoms with E-state index in [4.69, 9.17) is 4.74 Å². The van der Waals surface area contributed by atoms with Crippen molar-refractivity contribution >= 4 is 8.46 Å². The molecular formula is C14H22O2P+. The first-order chi connectivity index (χ1) is 8.38. The smallest absolute Gasteiger partial charge is 0.324 e. The molecule has 0 spiro atoms. The Morgan fingerprint density at radius 1 is 1.18 bits per heavy atom. The first-order valence-electron chi connectivity index (χ1n) is 6.44. The van der Waals surface area contributed by atoms with Gasteiger partial charge < -0.3 is 4.74 Å². The van der Waals surface area contributed by atoms with Crippen LogP contribution in [0.25, 0.3) is 0 Å². The molecule has 0 aromatic heterocycles. The van der Waals surface area contributed by atoms with Gasteiger partial charge in [-0.2, -0.15) is 0 Å². The Hall–Kier alpha value is -0.880. The molecule has 0 saturated carbocycles. The largest absolute Gasteiger partial charge is 0.493 e. The second-order valence-corrected chi connectivity index (χ2v) is 4.95. The van der Waals surface area contributed by atoms with Crippen molar-refractivity contribution in [2.75, 3.05) is 12.8 Å². The number of benzene rings is 1. The summed E-state index contributed by atoms with van der Waals surface area (Å²) in [4.78, 5) is 0. The molecule has 0 saturated heterocycles. The molecule has 0 aliphatic carbocycles. The van der Waals surface area contributed by atoms with Crippen LogP contribution in [0.1, 0.15) is 38.2 Å². The molecule has 0 aliphatic rings. The van der Waals surface area contributed by atoms with Crippen LogP contribution >= 0.6 is 8.46 Å². The van der Waals surface area contributed by atoms with Crippen LogP contribution in [-0.4, -0.2) is 12.8 Å². The first-order valence-corrected chi connectivity index (χ1v) is 7.55. The van der Waals surface area contributed by atoms with Crippen LogP contribution < -0.4 is 4.74 Å². The van der Waals surface area contributed by atoms with Gasteiger partial charge in [0.05, 0.1) is 6.61 Å². The van der Waals surface area contributed by atoms with Crippen molar-refractivity contribution in [1.29, 1.82) is 0 Å². The van der Waals surface area contributed by atoms with Crippen molar-refractivity contribution in [1.82, 2.24) is 0 Å². The molecule has 0 aliphatic heterocycles. The minimum absolute atomic E-state index is 0.172. The minimum atomic E-state index is -0.172. The van der Waals surface area contributed by atoms with E-state index in [0.29, 0.717) is 0 Å². The lowest BCUT2D eigenvalue weighted by atomic mass is 10.1. The van der Waals surface area contributed by atoms with Gasteiger partial charge in [-0.05, 0) is 37.3 Å². The molecule has 0 bridgehead atoms. The average molecular weight is 253 g/mol. The van der Waals surface area contributed by atoms with Crippen LogP contribution in [0.2, 0.25) is 0 Å². The van der Waals surface area contributed by atoms with Crippen LogP contribution in [0.5, 0.6) is 5.75 Å². The fraction of sp³-hybridized carbons (Fsp3) is 0.571. The lowest BCUT2D eigenvalue weighted by molar-refractivity contribution is 0.306. The highest BCUT2D eigenvalue weighted by molar-refractivity contribution is 7.23. The highest BCUT2D eigenvalue weighted by atomic mass is 31.1. The zero-order valence-electron chi connectivity index (χ0n) is 10.6. The maximum atomic E-state index is 10.3. The summed E-state index contributed by atoms with van der Waals surface area (Å²) in [6, 6.07) is 8.27. The van der Waals surface area contributed by atoms with Gasteiger partial charge in [-0.15, -0.1) is 0 Å². The van der Waals surface area contributed by atoms with Gasteiger partial charge in [-0.25, -0.2) is 0 Å². The van der Waals surface area contributed by atoms with Gasteiger partial charge in [0.15, 0.2) is 0 Å². The maximum Gasteiger partial charge on any atom is 0.324 e. The standard InChI is InChI=1S/C14H21O2P/c1-2-3-8-13-9-4-5-10-14(13)16-11-6-7-12-17-15/h4-5,9-10H,2-3,6-8,11-12H2,1H3/p+1. The molecule has 0 heterocycles. The second-order valence-electron chi connectivity index (χ2n) is 4.16. The van der Waals surface area contributed by atoms with Crippen molar-refractivity contribution in [3.8, 4) is 5.75 Å². The summed E-state index contributed by atoms with van der Waals surface area (Å²) in [5.41, 5.74) is 1.31. The summed E-state index contributed by atoms with van der Waals surface area (Å²) in [5.74, 6) is 1.02. The minimum Gasteiger partial charge on any atom is -0.493 e. The third-order valence-electron chi connectivity index (χ3n) is 2.70. The summed E-state index contributed by atoms with van der Waals surface area (Å²) < 4.78 is 16.1. The number of aryl methyl sites for hydroxylation is 1. The average Bonchev–Trinajstić information content (AvgIpc) is 2.37. The molecule has 17 heavy (non-hydrogen) atoms. The fourth-order valence-electron chi connectivity index (χ4n) is 1.70. The lowest BCUT2D eigenvalue weighted by Crippen LogP contribution is -2.00. The summed E-state index contributed by atoms with van der Waals surface area (Å²) in [6.07, 6.45) is 6.27. The van der Waals surface area contributed by atoms with E-state index < -0.39 is 0 Å². The van der Waals surface area contributed by atoms with Gasteiger partial charge in [0.1, 0.15) is 11.9 Å². The van der Waals surface area contributed by atoms with Crippen molar-refractivity contribution in [3.63, 3.8) is 0 Å². The summed E-state index contributed by atoms with van der Waals surface area (Å²) in [5, 5.41) is 0. The van der Waals surface area contributed by atoms with E-state index in [-0.39, 0.29) is 8.46 Å². The summed E-state index contributed by atoms with van der Waals surface area (Å²) >= 11 is 0. The van der Waals surface area contributed by atoms with E-state index in [1.54, 1.807) is 0 Å². The lowest BCUT2D eigenvalue weighted by Gasteiger charge is -2.10. The summed E-state index contributed by atoms with van der Waals surface area (Å²) in [6.45, 7) is 2.93. The van der Waals surface area contributed by atoms with Gasteiger partial charge in [0.2, 0.25) is 0 Å². The molecule has 0 amide bonds. The Kier molecular flexibility index (Phi) is 7.66. The molecule has 94 valence electrons. The van der Waals surface area contributed by atoms with E-state index in [1.165, 1.54) is 18.4 Å². The fourth-order valence-corrected chi connectivity index (χ4v) is 2.09. The molecule has 0 radical (unpaired) electrons. The van der Waals surface area contributed by atoms with Crippen molar-refractivity contribution in [2.24, 2.45) is 0 Å². The molecule has 0 fully saturated rings. The van der Waals surface area contributed by atoms with Crippen LogP contribution in [0.3, 0.4) is 0 Å². The number of hydrogen-bond donors (Lipinski definition) is 0. The van der Waals surface area contributed by atoms with Gasteiger partial charge in [-0.3, -0.25) is 0 Å². The van der Waals surface area contributed by atoms with Gasteiger partial charge in [-0.1, -0.05) is 36.1 Å². The molecule has 2 nitrogen and oxygen atoms in total. The van der Waals surface area contributed by atoms with E-state index >= 15 is 0 Å². The third kappa shape index (κ3) is 5.83. The van der Waals surface area contributed by atoms with Crippen molar-refractivity contribution in [2.45, 2.75) is 39.0 Å². The Balaban J connectivity index is 2.37. The molecule has 1 unspecified atom stereocenters. The number of rotatable bonds is 9. The second kappa shape index (κ2) is 9.18. The zero-order valence-corrected chi connectivity index (χ0v) is 11.6. The Morgan fingerprint density at radius 3 is 2.76 bits per heavy atom. The highest BCUT2D eigenvalue weighted by Crippen LogP contribution is 2.20. The van der Waals surface area contributed by atoms with Crippen LogP contribution in [-0.2, 0) is 11.0 Å². The van der Waals surface area contributed by atoms with Crippen LogP contribution in [0, 0.1) is 0 Å². The third-order valence-corrected chi connectivity index (χ3v) is 3.26. The summed E-state index contributed by atoms with van der Waals surface area (Å²) in [7, 11) is -0.172. The molecule has 1 aromatic rings. The van der Waals surface area contributed by atoms with Crippen molar-refractivity contribution in [3.05, 3.63) is 29.8 Å². The predicted molar refractivity (Wildman–Crippen MR) is 73.7 cm³/mol. The van der Waals surface area contributed by atoms with Crippen molar-refractivity contribution < 1.29 is 9.30 Å². The topological polar surface area (TPSA) is 26.3 Å². The van der Waals surface area contributed by atoms with Gasteiger partial charge in [0.25, 0.3) is 0 Å². The normalized spacial score (nSPS) is 10.6. The van der Waals surface area contributed by atoms with E-state index in [1.807, 2.05) is 12.1 Å². The van der Waals surface area contributed by atoms with Crippen LogP contribution in [0.15, 0.2) is 24.3 Å². The predicted octanol–water partition coefficient (Wildman–Crippen LogP) is 4.21. The monoisotopic (exact) mass is 253 g/mol. The SMILES string of the molecule is CCCCc1ccccc1OCCCC[PH+]=O. The first kappa shape index (κ1) is 14.2. The number of ether oxygens (including phenoxy) is 1. The number of unbranched alkanes of at least 4 members (excludes halogenated alkanes) is 2. The number of para-hydroxylation sites is 1. The Morgan fingerprint density at radius 2 is 2.00 bits per heavy atom. The highest BCUT2D eigenvalue weighted by Gasteiger charge is 2.02. The molecule has 0 N–H and O–H groups in total. The van der Waals surface area contributed by atoms with Gasteiger partial charge in [0, 0.05) is 0 Å². The Bertz CT molecular complexity index is 326. The Labute approximate surface area is 106 Å². The number of hydrogen-bond acceptors (Lipinski definition) is 2. The maximum absolute atomic E-state index is 10.3. The van der Waals surface area contributed by atoms with E-state index in [0.717, 1.165) is 37.8 Å². The van der Waals surface area contributed by atoms with E-state index in [9.17, 15) is 4.57 Å². The quantitative estimate of drug-likeness (QED) is 0.486. The van der Waals surface area contributed by atoms with E-state index in [2.05, 4.69) is 19.1 Å². The van der Waals surface area contributed by atoms with Crippen LogP contribution in [0.4, 0.5) is 0 Å². The molecule has 1 atom stereocenters. The molecule has 1 rings (SSSR count).